The van der Waals surface area contributed by atoms with Crippen molar-refractivity contribution in [3.8, 4) is 11.8 Å². The van der Waals surface area contributed by atoms with Crippen molar-refractivity contribution in [2.45, 2.75) is 20.0 Å². The molecule has 0 aliphatic heterocycles. The van der Waals surface area contributed by atoms with Crippen LogP contribution in [0, 0.1) is 11.3 Å². The molecule has 2 rings (SSSR count). The van der Waals surface area contributed by atoms with E-state index in [0.717, 1.165) is 0 Å². The third-order valence-corrected chi connectivity index (χ3v) is 5.08. The van der Waals surface area contributed by atoms with Crippen molar-refractivity contribution in [2.24, 2.45) is 0 Å². The SMILES string of the molecule is CCOP(=O)(OCC)c1cc(C(F)(F)F)n(-c2ccc(C#N)cc2)n1. The number of halogens is 3. The summed E-state index contributed by atoms with van der Waals surface area (Å²) in [7, 11) is -3.97. The van der Waals surface area contributed by atoms with Crippen LogP contribution in [0.2, 0.25) is 0 Å². The third-order valence-electron chi connectivity index (χ3n) is 3.11. The highest BCUT2D eigenvalue weighted by Crippen LogP contribution is 2.47. The summed E-state index contributed by atoms with van der Waals surface area (Å²) in [5.41, 5.74) is -1.18. The van der Waals surface area contributed by atoms with Crippen molar-refractivity contribution in [1.29, 1.82) is 5.26 Å². The maximum absolute atomic E-state index is 13.4. The highest BCUT2D eigenvalue weighted by Gasteiger charge is 2.40. The number of alkyl halides is 3. The average molecular weight is 373 g/mol. The van der Waals surface area contributed by atoms with E-state index < -0.39 is 24.9 Å². The lowest BCUT2D eigenvalue weighted by Gasteiger charge is -2.14. The van der Waals surface area contributed by atoms with Crippen LogP contribution in [0.5, 0.6) is 0 Å². The number of rotatable bonds is 6. The summed E-state index contributed by atoms with van der Waals surface area (Å²) >= 11 is 0. The lowest BCUT2D eigenvalue weighted by atomic mass is 10.2. The van der Waals surface area contributed by atoms with Crippen molar-refractivity contribution < 1.29 is 26.8 Å². The Morgan fingerprint density at radius 1 is 1.20 bits per heavy atom. The largest absolute Gasteiger partial charge is 0.433 e. The third kappa shape index (κ3) is 4.10. The molecule has 0 radical (unpaired) electrons. The Labute approximate surface area is 142 Å². The van der Waals surface area contributed by atoms with Gasteiger partial charge in [0.15, 0.2) is 5.44 Å². The van der Waals surface area contributed by atoms with Crippen LogP contribution in [-0.2, 0) is 19.8 Å². The molecule has 0 aliphatic carbocycles. The fourth-order valence-electron chi connectivity index (χ4n) is 2.09. The molecular weight excluding hydrogens is 358 g/mol. The molecule has 0 bridgehead atoms. The van der Waals surface area contributed by atoms with E-state index in [2.05, 4.69) is 5.10 Å². The van der Waals surface area contributed by atoms with Crippen LogP contribution in [-0.4, -0.2) is 23.0 Å². The molecule has 10 heteroatoms. The monoisotopic (exact) mass is 373 g/mol. The topological polar surface area (TPSA) is 77.1 Å². The van der Waals surface area contributed by atoms with Crippen LogP contribution in [0.1, 0.15) is 25.1 Å². The van der Waals surface area contributed by atoms with Crippen molar-refractivity contribution in [3.63, 3.8) is 0 Å². The van der Waals surface area contributed by atoms with Crippen LogP contribution >= 0.6 is 7.60 Å². The van der Waals surface area contributed by atoms with Gasteiger partial charge >= 0.3 is 13.8 Å². The first-order valence-electron chi connectivity index (χ1n) is 7.32. The van der Waals surface area contributed by atoms with Gasteiger partial charge in [-0.1, -0.05) is 0 Å². The standard InChI is InChI=1S/C15H15F3N3O3P/c1-3-23-25(22,24-4-2)14-9-13(15(16,17)18)21(20-14)12-7-5-11(10-19)6-8-12/h5-9H,3-4H2,1-2H3. The zero-order valence-electron chi connectivity index (χ0n) is 13.4. The Hall–Kier alpha value is -2.14. The predicted molar refractivity (Wildman–Crippen MR) is 83.8 cm³/mol. The summed E-state index contributed by atoms with van der Waals surface area (Å²) in [6, 6.07) is 7.89. The fourth-order valence-corrected chi connectivity index (χ4v) is 3.59. The van der Waals surface area contributed by atoms with Gasteiger partial charge in [-0.25, -0.2) is 4.68 Å². The van der Waals surface area contributed by atoms with E-state index in [-0.39, 0.29) is 18.9 Å². The van der Waals surface area contributed by atoms with Gasteiger partial charge in [-0.3, -0.25) is 4.57 Å². The molecule has 0 atom stereocenters. The highest BCUT2D eigenvalue weighted by atomic mass is 31.2. The zero-order chi connectivity index (χ0) is 18.7. The maximum Gasteiger partial charge on any atom is 0.433 e. The van der Waals surface area contributed by atoms with Crippen LogP contribution in [0.3, 0.4) is 0 Å². The number of aromatic nitrogens is 2. The second-order valence-electron chi connectivity index (χ2n) is 4.79. The normalized spacial score (nSPS) is 12.2. The number of hydrogen-bond donors (Lipinski definition) is 0. The van der Waals surface area contributed by atoms with Crippen molar-refractivity contribution in [1.82, 2.24) is 9.78 Å². The first kappa shape index (κ1) is 19.2. The average Bonchev–Trinajstić information content (AvgIpc) is 3.02. The number of nitrogens with zero attached hydrogens (tertiary/aromatic N) is 3. The second kappa shape index (κ2) is 7.40. The van der Waals surface area contributed by atoms with E-state index in [1.165, 1.54) is 24.3 Å². The summed E-state index contributed by atoms with van der Waals surface area (Å²) in [6.45, 7) is 3.08. The first-order valence-corrected chi connectivity index (χ1v) is 8.87. The van der Waals surface area contributed by atoms with E-state index in [4.69, 9.17) is 14.3 Å². The van der Waals surface area contributed by atoms with E-state index in [9.17, 15) is 17.7 Å². The molecule has 0 fully saturated rings. The molecule has 0 amide bonds. The van der Waals surface area contributed by atoms with Gasteiger partial charge in [0.05, 0.1) is 30.5 Å². The molecule has 0 aliphatic rings. The Morgan fingerprint density at radius 2 is 1.76 bits per heavy atom. The van der Waals surface area contributed by atoms with E-state index in [0.29, 0.717) is 16.3 Å². The van der Waals surface area contributed by atoms with Crippen molar-refractivity contribution in [3.05, 3.63) is 41.6 Å². The molecule has 25 heavy (non-hydrogen) atoms. The smallest absolute Gasteiger partial charge is 0.304 e. The lowest BCUT2D eigenvalue weighted by Crippen LogP contribution is -2.14. The van der Waals surface area contributed by atoms with Gasteiger partial charge in [0, 0.05) is 6.07 Å². The molecule has 0 unspecified atom stereocenters. The van der Waals surface area contributed by atoms with Gasteiger partial charge in [0.25, 0.3) is 0 Å². The number of benzene rings is 1. The molecule has 6 nitrogen and oxygen atoms in total. The number of nitriles is 1. The highest BCUT2D eigenvalue weighted by molar-refractivity contribution is 7.61. The lowest BCUT2D eigenvalue weighted by molar-refractivity contribution is -0.142. The van der Waals surface area contributed by atoms with Gasteiger partial charge in [0.2, 0.25) is 0 Å². The predicted octanol–water partition coefficient (Wildman–Crippen LogP) is 3.65. The summed E-state index contributed by atoms with van der Waals surface area (Å²) in [4.78, 5) is 0. The summed E-state index contributed by atoms with van der Waals surface area (Å²) in [5, 5.41) is 12.6. The maximum atomic E-state index is 13.4. The molecule has 2 aromatic rings. The summed E-state index contributed by atoms with van der Waals surface area (Å²) in [6.07, 6.45) is -4.73. The molecule has 0 spiro atoms. The van der Waals surface area contributed by atoms with Gasteiger partial charge in [-0.05, 0) is 38.1 Å². The molecule has 134 valence electrons. The quantitative estimate of drug-likeness (QED) is 0.723. The molecular formula is C15H15F3N3O3P. The van der Waals surface area contributed by atoms with Gasteiger partial charge in [0.1, 0.15) is 5.69 Å². The summed E-state index contributed by atoms with van der Waals surface area (Å²) < 4.78 is 63.5. The van der Waals surface area contributed by atoms with Crippen LogP contribution < -0.4 is 5.44 Å². The Morgan fingerprint density at radius 3 is 2.20 bits per heavy atom. The fraction of sp³-hybridized carbons (Fsp3) is 0.333. The molecule has 0 saturated heterocycles. The molecule has 1 aromatic heterocycles. The number of hydrogen-bond acceptors (Lipinski definition) is 5. The first-order chi connectivity index (χ1) is 11.7. The van der Waals surface area contributed by atoms with Crippen molar-refractivity contribution >= 4 is 13.0 Å². The van der Waals surface area contributed by atoms with E-state index >= 15 is 0 Å². The summed E-state index contributed by atoms with van der Waals surface area (Å²) in [5.74, 6) is 0. The Balaban J connectivity index is 2.61. The minimum Gasteiger partial charge on any atom is -0.304 e. The molecule has 1 heterocycles. The molecule has 0 N–H and O–H groups in total. The van der Waals surface area contributed by atoms with Crippen molar-refractivity contribution in [2.75, 3.05) is 13.2 Å². The Bertz CT molecular complexity index is 815. The van der Waals surface area contributed by atoms with E-state index in [1.807, 2.05) is 6.07 Å². The van der Waals surface area contributed by atoms with Crippen LogP contribution in [0.15, 0.2) is 30.3 Å². The van der Waals surface area contributed by atoms with Crippen LogP contribution in [0.25, 0.3) is 5.69 Å². The minimum absolute atomic E-state index is 0.0116. The van der Waals surface area contributed by atoms with Crippen LogP contribution in [0.4, 0.5) is 13.2 Å². The second-order valence-corrected chi connectivity index (χ2v) is 6.76. The molecule has 0 saturated carbocycles. The van der Waals surface area contributed by atoms with Gasteiger partial charge in [-0.15, -0.1) is 0 Å². The van der Waals surface area contributed by atoms with Gasteiger partial charge < -0.3 is 9.05 Å². The minimum atomic E-state index is -4.73. The van der Waals surface area contributed by atoms with E-state index in [1.54, 1.807) is 13.8 Å². The Kier molecular flexibility index (Phi) is 5.68. The van der Waals surface area contributed by atoms with Gasteiger partial charge in [-0.2, -0.15) is 23.5 Å². The molecule has 1 aromatic carbocycles. The zero-order valence-corrected chi connectivity index (χ0v) is 14.3.